The molecule has 0 unspecified atom stereocenters. The smallest absolute Gasteiger partial charge is 0.152 e. The number of nitrogens with zero attached hydrogens (tertiary/aromatic N) is 1. The van der Waals surface area contributed by atoms with Gasteiger partial charge in [-0.3, -0.25) is 0 Å². The van der Waals surface area contributed by atoms with Crippen LogP contribution < -0.4 is 5.73 Å². The Bertz CT molecular complexity index is 634. The molecule has 0 amide bonds. The summed E-state index contributed by atoms with van der Waals surface area (Å²) >= 11 is 20.7. The Morgan fingerprint density at radius 2 is 1.83 bits per heavy atom. The van der Waals surface area contributed by atoms with Gasteiger partial charge < -0.3 is 5.73 Å². The molecule has 7 heteroatoms. The van der Waals surface area contributed by atoms with Crippen LogP contribution in [0.2, 0.25) is 15.1 Å². The second-order valence-corrected chi connectivity index (χ2v) is 5.46. The van der Waals surface area contributed by atoms with E-state index in [4.69, 9.17) is 40.5 Å². The van der Waals surface area contributed by atoms with Crippen molar-refractivity contribution in [2.45, 2.75) is 0 Å². The summed E-state index contributed by atoms with van der Waals surface area (Å²) in [4.78, 5) is 3.97. The van der Waals surface area contributed by atoms with Gasteiger partial charge in [0.25, 0.3) is 0 Å². The first kappa shape index (κ1) is 13.9. The molecule has 0 atom stereocenters. The van der Waals surface area contributed by atoms with E-state index < -0.39 is 5.82 Å². The van der Waals surface area contributed by atoms with Crippen molar-refractivity contribution >= 4 is 56.6 Å². The normalized spacial score (nSPS) is 10.7. The van der Waals surface area contributed by atoms with Crippen LogP contribution in [0.3, 0.4) is 0 Å². The Hall–Kier alpha value is -0.550. The molecule has 2 nitrogen and oxygen atoms in total. The van der Waals surface area contributed by atoms with Crippen LogP contribution in [0.5, 0.6) is 0 Å². The number of pyridine rings is 1. The maximum Gasteiger partial charge on any atom is 0.152 e. The van der Waals surface area contributed by atoms with Crippen molar-refractivity contribution in [2.75, 3.05) is 5.73 Å². The Labute approximate surface area is 126 Å². The molecule has 0 spiro atoms. The quantitative estimate of drug-likeness (QED) is 0.702. The van der Waals surface area contributed by atoms with Crippen molar-refractivity contribution in [3.8, 4) is 11.3 Å². The summed E-state index contributed by atoms with van der Waals surface area (Å²) in [6, 6.07) is 4.52. The number of hydrogen-bond donors (Lipinski definition) is 1. The number of hydrogen-bond acceptors (Lipinski definition) is 2. The molecule has 1 aromatic heterocycles. The fraction of sp³-hybridized carbons (Fsp3) is 0. The average molecular weight is 370 g/mol. The van der Waals surface area contributed by atoms with Crippen molar-refractivity contribution in [3.05, 3.63) is 43.6 Å². The fourth-order valence-electron chi connectivity index (χ4n) is 1.38. The van der Waals surface area contributed by atoms with E-state index in [1.807, 2.05) is 0 Å². The van der Waals surface area contributed by atoms with Crippen molar-refractivity contribution in [1.82, 2.24) is 4.98 Å². The molecule has 0 saturated heterocycles. The number of nitrogen functional groups attached to an aromatic ring is 1. The molecule has 0 aliphatic carbocycles. The molecular formula is C11H5BrCl3FN2. The van der Waals surface area contributed by atoms with Gasteiger partial charge in [-0.2, -0.15) is 0 Å². The molecular weight excluding hydrogens is 365 g/mol. The second-order valence-electron chi connectivity index (χ2n) is 3.41. The number of anilines is 1. The van der Waals surface area contributed by atoms with E-state index in [1.165, 1.54) is 12.1 Å². The molecule has 0 fully saturated rings. The van der Waals surface area contributed by atoms with Crippen LogP contribution in [0, 0.1) is 5.82 Å². The molecule has 1 heterocycles. The summed E-state index contributed by atoms with van der Waals surface area (Å²) in [6.07, 6.45) is 0. The van der Waals surface area contributed by atoms with Gasteiger partial charge in [0.2, 0.25) is 0 Å². The SMILES string of the molecule is Nc1nc(-c2ccc(Br)c(Cl)c2F)c(Cl)cc1Cl. The Morgan fingerprint density at radius 1 is 1.17 bits per heavy atom. The highest BCUT2D eigenvalue weighted by Crippen LogP contribution is 2.36. The van der Waals surface area contributed by atoms with E-state index in [1.54, 1.807) is 6.07 Å². The van der Waals surface area contributed by atoms with Gasteiger partial charge >= 0.3 is 0 Å². The van der Waals surface area contributed by atoms with Crippen LogP contribution in [0.1, 0.15) is 0 Å². The molecule has 0 bridgehead atoms. The van der Waals surface area contributed by atoms with E-state index in [2.05, 4.69) is 20.9 Å². The largest absolute Gasteiger partial charge is 0.382 e. The Morgan fingerprint density at radius 3 is 2.50 bits per heavy atom. The van der Waals surface area contributed by atoms with Gasteiger partial charge in [0, 0.05) is 10.0 Å². The zero-order valence-electron chi connectivity index (χ0n) is 8.65. The summed E-state index contributed by atoms with van der Waals surface area (Å²) < 4.78 is 14.5. The van der Waals surface area contributed by atoms with Crippen molar-refractivity contribution < 1.29 is 4.39 Å². The molecule has 94 valence electrons. The Balaban J connectivity index is 2.70. The summed E-state index contributed by atoms with van der Waals surface area (Å²) in [5, 5.41) is 0.373. The van der Waals surface area contributed by atoms with E-state index in [0.717, 1.165) is 0 Å². The first-order valence-electron chi connectivity index (χ1n) is 4.67. The lowest BCUT2D eigenvalue weighted by molar-refractivity contribution is 0.630. The molecule has 2 rings (SSSR count). The topological polar surface area (TPSA) is 38.9 Å². The van der Waals surface area contributed by atoms with Crippen molar-refractivity contribution in [1.29, 1.82) is 0 Å². The molecule has 0 aliphatic rings. The van der Waals surface area contributed by atoms with E-state index in [0.29, 0.717) is 4.47 Å². The van der Waals surface area contributed by atoms with Crippen LogP contribution in [0.15, 0.2) is 22.7 Å². The third kappa shape index (κ3) is 2.43. The highest BCUT2D eigenvalue weighted by molar-refractivity contribution is 9.10. The van der Waals surface area contributed by atoms with Gasteiger partial charge in [0.15, 0.2) is 5.82 Å². The summed E-state index contributed by atoms with van der Waals surface area (Å²) in [5.41, 5.74) is 5.94. The van der Waals surface area contributed by atoms with E-state index >= 15 is 0 Å². The van der Waals surface area contributed by atoms with Gasteiger partial charge in [0.1, 0.15) is 5.82 Å². The zero-order chi connectivity index (χ0) is 13.4. The molecule has 1 aromatic carbocycles. The third-order valence-electron chi connectivity index (χ3n) is 2.25. The highest BCUT2D eigenvalue weighted by atomic mass is 79.9. The maximum absolute atomic E-state index is 14.0. The average Bonchev–Trinajstić information content (AvgIpc) is 2.32. The minimum Gasteiger partial charge on any atom is -0.382 e. The van der Waals surface area contributed by atoms with E-state index in [-0.39, 0.29) is 32.1 Å². The van der Waals surface area contributed by atoms with Crippen molar-refractivity contribution in [3.63, 3.8) is 0 Å². The van der Waals surface area contributed by atoms with Crippen LogP contribution in [0.4, 0.5) is 10.2 Å². The van der Waals surface area contributed by atoms with E-state index in [9.17, 15) is 4.39 Å². The second kappa shape index (κ2) is 5.21. The summed E-state index contributed by atoms with van der Waals surface area (Å²) in [6.45, 7) is 0. The predicted octanol–water partition coefficient (Wildman–Crippen LogP) is 5.19. The standard InChI is InChI=1S/C11H5BrCl3FN2/c12-5-2-1-4(9(16)8(5)15)10-6(13)3-7(14)11(17)18-10/h1-3H,(H2,17,18). The molecule has 2 N–H and O–H groups in total. The summed E-state index contributed by atoms with van der Waals surface area (Å²) in [5.74, 6) is -0.545. The Kier molecular flexibility index (Phi) is 4.02. The monoisotopic (exact) mass is 368 g/mol. The van der Waals surface area contributed by atoms with Gasteiger partial charge in [-0.25, -0.2) is 9.37 Å². The third-order valence-corrected chi connectivity index (χ3v) is 4.10. The molecule has 0 aliphatic heterocycles. The van der Waals surface area contributed by atoms with Crippen LogP contribution in [-0.2, 0) is 0 Å². The number of aromatic nitrogens is 1. The van der Waals surface area contributed by atoms with Gasteiger partial charge in [-0.15, -0.1) is 0 Å². The molecule has 2 aromatic rings. The summed E-state index contributed by atoms with van der Waals surface area (Å²) in [7, 11) is 0. The maximum atomic E-state index is 14.0. The highest BCUT2D eigenvalue weighted by Gasteiger charge is 2.16. The van der Waals surface area contributed by atoms with Crippen LogP contribution in [0.25, 0.3) is 11.3 Å². The number of benzene rings is 1. The van der Waals surface area contributed by atoms with Gasteiger partial charge in [-0.1, -0.05) is 34.8 Å². The first-order chi connectivity index (χ1) is 8.41. The van der Waals surface area contributed by atoms with Gasteiger partial charge in [0.05, 0.1) is 20.8 Å². The lowest BCUT2D eigenvalue weighted by Gasteiger charge is -2.09. The van der Waals surface area contributed by atoms with Gasteiger partial charge in [-0.05, 0) is 34.1 Å². The minimum atomic E-state index is -0.623. The van der Waals surface area contributed by atoms with Crippen LogP contribution in [-0.4, -0.2) is 4.98 Å². The first-order valence-corrected chi connectivity index (χ1v) is 6.60. The van der Waals surface area contributed by atoms with Crippen molar-refractivity contribution in [2.24, 2.45) is 0 Å². The lowest BCUT2D eigenvalue weighted by Crippen LogP contribution is -1.96. The number of halogens is 5. The number of rotatable bonds is 1. The molecule has 0 radical (unpaired) electrons. The number of nitrogens with two attached hydrogens (primary N) is 1. The lowest BCUT2D eigenvalue weighted by atomic mass is 10.1. The predicted molar refractivity (Wildman–Crippen MR) is 76.8 cm³/mol. The molecule has 0 saturated carbocycles. The van der Waals surface area contributed by atoms with Crippen LogP contribution >= 0.6 is 50.7 Å². The fourth-order valence-corrected chi connectivity index (χ4v) is 2.31. The molecule has 18 heavy (non-hydrogen) atoms. The zero-order valence-corrected chi connectivity index (χ0v) is 12.5. The minimum absolute atomic E-state index is 0.0427.